The lowest BCUT2D eigenvalue weighted by Crippen LogP contribution is -2.04. The first-order valence-electron chi connectivity index (χ1n) is 5.11. The quantitative estimate of drug-likeness (QED) is 0.660. The molecular weight excluding hydrogens is 225 g/mol. The Morgan fingerprint density at radius 2 is 1.71 bits per heavy atom. The van der Waals surface area contributed by atoms with Crippen LogP contribution in [0.15, 0.2) is 55.1 Å². The topological polar surface area (TPSA) is 0 Å². The Balaban J connectivity index is 2.85. The molecule has 0 amide bonds. The maximum atomic E-state index is 12.3. The highest BCUT2D eigenvalue weighted by molar-refractivity contribution is 5.72. The van der Waals surface area contributed by atoms with Gasteiger partial charge in [0.25, 0.3) is 0 Å². The van der Waals surface area contributed by atoms with Crippen molar-refractivity contribution in [2.75, 3.05) is 0 Å². The largest absolute Gasteiger partial charge is 0.416 e. The van der Waals surface area contributed by atoms with Crippen LogP contribution in [0.3, 0.4) is 0 Å². The number of benzene rings is 1. The molecule has 0 nitrogen and oxygen atoms in total. The van der Waals surface area contributed by atoms with Gasteiger partial charge in [0.15, 0.2) is 0 Å². The van der Waals surface area contributed by atoms with Crippen LogP contribution in [0.2, 0.25) is 0 Å². The molecule has 0 radical (unpaired) electrons. The van der Waals surface area contributed by atoms with Crippen LogP contribution in [-0.2, 0) is 6.18 Å². The van der Waals surface area contributed by atoms with E-state index in [1.807, 2.05) is 19.1 Å². The van der Waals surface area contributed by atoms with Gasteiger partial charge in [0.05, 0.1) is 5.56 Å². The number of alkyl halides is 3. The molecule has 0 spiro atoms. The first-order chi connectivity index (χ1) is 7.95. The lowest BCUT2D eigenvalue weighted by atomic mass is 10.0. The molecule has 3 heteroatoms. The van der Waals surface area contributed by atoms with E-state index in [1.165, 1.54) is 12.1 Å². The van der Waals surface area contributed by atoms with Gasteiger partial charge in [-0.25, -0.2) is 0 Å². The van der Waals surface area contributed by atoms with Gasteiger partial charge in [0.1, 0.15) is 0 Å². The summed E-state index contributed by atoms with van der Waals surface area (Å²) in [6.07, 6.45) is 2.94. The Bertz CT molecular complexity index is 434. The lowest BCUT2D eigenvalue weighted by Gasteiger charge is -2.07. The molecule has 1 aromatic carbocycles. The smallest absolute Gasteiger partial charge is 0.166 e. The maximum absolute atomic E-state index is 12.3. The Morgan fingerprint density at radius 3 is 2.18 bits per heavy atom. The van der Waals surface area contributed by atoms with E-state index < -0.39 is 11.7 Å². The molecule has 17 heavy (non-hydrogen) atoms. The third-order valence-corrected chi connectivity index (χ3v) is 2.18. The van der Waals surface area contributed by atoms with Crippen molar-refractivity contribution in [3.8, 4) is 0 Å². The molecule has 0 fully saturated rings. The van der Waals surface area contributed by atoms with Crippen LogP contribution in [0.5, 0.6) is 0 Å². The molecule has 0 N–H and O–H groups in total. The summed E-state index contributed by atoms with van der Waals surface area (Å²) in [5, 5.41) is 0. The van der Waals surface area contributed by atoms with Crippen LogP contribution < -0.4 is 0 Å². The summed E-state index contributed by atoms with van der Waals surface area (Å²) in [5.74, 6) is 0. The van der Waals surface area contributed by atoms with E-state index in [0.29, 0.717) is 11.1 Å². The molecular formula is C14H13F3. The average molecular weight is 238 g/mol. The summed E-state index contributed by atoms with van der Waals surface area (Å²) < 4.78 is 37.0. The van der Waals surface area contributed by atoms with E-state index in [9.17, 15) is 13.2 Å². The van der Waals surface area contributed by atoms with Gasteiger partial charge in [0.2, 0.25) is 0 Å². The van der Waals surface area contributed by atoms with Crippen molar-refractivity contribution >= 4 is 5.57 Å². The first kappa shape index (κ1) is 13.3. The second-order valence-electron chi connectivity index (χ2n) is 3.49. The fourth-order valence-corrected chi connectivity index (χ4v) is 1.25. The van der Waals surface area contributed by atoms with Crippen molar-refractivity contribution in [2.24, 2.45) is 0 Å². The summed E-state index contributed by atoms with van der Waals surface area (Å²) >= 11 is 0. The van der Waals surface area contributed by atoms with E-state index in [0.717, 1.165) is 12.1 Å². The number of hydrogen-bond acceptors (Lipinski definition) is 0. The van der Waals surface area contributed by atoms with E-state index in [2.05, 4.69) is 6.58 Å². The molecule has 1 aromatic rings. The highest BCUT2D eigenvalue weighted by Gasteiger charge is 2.29. The molecule has 1 rings (SSSR count). The summed E-state index contributed by atoms with van der Waals surface area (Å²) in [4.78, 5) is 0. The molecule has 0 heterocycles. The summed E-state index contributed by atoms with van der Waals surface area (Å²) in [5.41, 5.74) is 0.710. The molecule has 0 saturated heterocycles. The molecule has 0 atom stereocenters. The van der Waals surface area contributed by atoms with Crippen molar-refractivity contribution in [1.29, 1.82) is 0 Å². The van der Waals surface area contributed by atoms with Gasteiger partial charge in [-0.05, 0) is 30.2 Å². The van der Waals surface area contributed by atoms with Crippen LogP contribution in [0.4, 0.5) is 13.2 Å². The lowest BCUT2D eigenvalue weighted by molar-refractivity contribution is -0.137. The number of hydrogen-bond donors (Lipinski definition) is 0. The van der Waals surface area contributed by atoms with E-state index in [-0.39, 0.29) is 0 Å². The zero-order chi connectivity index (χ0) is 12.9. The van der Waals surface area contributed by atoms with Crippen molar-refractivity contribution in [1.82, 2.24) is 0 Å². The minimum Gasteiger partial charge on any atom is -0.166 e. The van der Waals surface area contributed by atoms with Crippen LogP contribution in [0.25, 0.3) is 5.57 Å². The van der Waals surface area contributed by atoms with Crippen LogP contribution in [-0.4, -0.2) is 0 Å². The third-order valence-electron chi connectivity index (χ3n) is 2.18. The van der Waals surface area contributed by atoms with Crippen molar-refractivity contribution < 1.29 is 13.2 Å². The van der Waals surface area contributed by atoms with Crippen molar-refractivity contribution in [3.05, 3.63) is 66.3 Å². The standard InChI is InChI=1S/C14H13F3/c1-3-4-5-6-11(2)12-7-9-13(10-8-12)14(15,16)17/h3-10H,2H2,1H3/b4-3-,6-5-. The van der Waals surface area contributed by atoms with Crippen LogP contribution in [0, 0.1) is 0 Å². The number of rotatable bonds is 3. The second kappa shape index (κ2) is 5.53. The Kier molecular flexibility index (Phi) is 4.32. The van der Waals surface area contributed by atoms with Gasteiger partial charge < -0.3 is 0 Å². The van der Waals surface area contributed by atoms with Gasteiger partial charge in [-0.15, -0.1) is 0 Å². The fraction of sp³-hybridized carbons (Fsp3) is 0.143. The Morgan fingerprint density at radius 1 is 1.12 bits per heavy atom. The van der Waals surface area contributed by atoms with Gasteiger partial charge in [-0.1, -0.05) is 43.0 Å². The number of halogens is 3. The Labute approximate surface area is 98.8 Å². The zero-order valence-electron chi connectivity index (χ0n) is 9.46. The average Bonchev–Trinajstić information content (AvgIpc) is 2.28. The Hall–Kier alpha value is -1.77. The predicted molar refractivity (Wildman–Crippen MR) is 64.4 cm³/mol. The molecule has 0 aliphatic carbocycles. The van der Waals surface area contributed by atoms with E-state index in [1.54, 1.807) is 12.2 Å². The maximum Gasteiger partial charge on any atom is 0.416 e. The van der Waals surface area contributed by atoms with E-state index in [4.69, 9.17) is 0 Å². The summed E-state index contributed by atoms with van der Waals surface area (Å²) in [6, 6.07) is 4.96. The molecule has 0 bridgehead atoms. The summed E-state index contributed by atoms with van der Waals surface area (Å²) in [6.45, 7) is 5.67. The molecule has 0 unspecified atom stereocenters. The predicted octanol–water partition coefficient (Wildman–Crippen LogP) is 4.85. The first-order valence-corrected chi connectivity index (χ1v) is 5.11. The molecule has 90 valence electrons. The van der Waals surface area contributed by atoms with Crippen LogP contribution >= 0.6 is 0 Å². The van der Waals surface area contributed by atoms with Gasteiger partial charge >= 0.3 is 6.18 Å². The minimum absolute atomic E-state index is 0.647. The van der Waals surface area contributed by atoms with Gasteiger partial charge in [-0.3, -0.25) is 0 Å². The fourth-order valence-electron chi connectivity index (χ4n) is 1.25. The molecule has 0 aliphatic rings. The summed E-state index contributed by atoms with van der Waals surface area (Å²) in [7, 11) is 0. The normalized spacial score (nSPS) is 12.5. The molecule has 0 saturated carbocycles. The molecule has 0 aliphatic heterocycles. The highest BCUT2D eigenvalue weighted by Crippen LogP contribution is 2.29. The van der Waals surface area contributed by atoms with E-state index >= 15 is 0 Å². The molecule has 0 aromatic heterocycles. The third kappa shape index (κ3) is 3.94. The zero-order valence-corrected chi connectivity index (χ0v) is 9.46. The monoisotopic (exact) mass is 238 g/mol. The van der Waals surface area contributed by atoms with Gasteiger partial charge in [0, 0.05) is 0 Å². The van der Waals surface area contributed by atoms with Crippen molar-refractivity contribution in [3.63, 3.8) is 0 Å². The van der Waals surface area contributed by atoms with Gasteiger partial charge in [-0.2, -0.15) is 13.2 Å². The highest BCUT2D eigenvalue weighted by atomic mass is 19.4. The minimum atomic E-state index is -4.29. The van der Waals surface area contributed by atoms with Crippen molar-refractivity contribution in [2.45, 2.75) is 13.1 Å². The SMILES string of the molecule is C=C(/C=C\C=C/C)c1ccc(C(F)(F)F)cc1. The second-order valence-corrected chi connectivity index (χ2v) is 3.49. The van der Waals surface area contributed by atoms with Crippen LogP contribution in [0.1, 0.15) is 18.1 Å². The number of allylic oxidation sites excluding steroid dienone is 5.